The zero-order valence-electron chi connectivity index (χ0n) is 13.9. The molecule has 24 heavy (non-hydrogen) atoms. The van der Waals surface area contributed by atoms with Crippen LogP contribution in [0.15, 0.2) is 36.5 Å². The van der Waals surface area contributed by atoms with Crippen LogP contribution in [-0.2, 0) is 6.54 Å². The maximum absolute atomic E-state index is 6.41. The van der Waals surface area contributed by atoms with Gasteiger partial charge in [-0.2, -0.15) is 0 Å². The molecule has 5 nitrogen and oxygen atoms in total. The Balaban J connectivity index is 0.00000208. The summed E-state index contributed by atoms with van der Waals surface area (Å²) >= 11 is 6.41. The number of aromatic nitrogens is 2. The van der Waals surface area contributed by atoms with E-state index in [4.69, 9.17) is 11.6 Å². The fourth-order valence-corrected chi connectivity index (χ4v) is 3.15. The van der Waals surface area contributed by atoms with Crippen LogP contribution in [0.3, 0.4) is 0 Å². The smallest absolute Gasteiger partial charge is 0.225 e. The zero-order valence-corrected chi connectivity index (χ0v) is 15.5. The van der Waals surface area contributed by atoms with Crippen molar-refractivity contribution in [1.82, 2.24) is 20.2 Å². The van der Waals surface area contributed by atoms with E-state index in [2.05, 4.69) is 26.3 Å². The van der Waals surface area contributed by atoms with Gasteiger partial charge in [-0.15, -0.1) is 12.4 Å². The van der Waals surface area contributed by atoms with E-state index in [1.54, 1.807) is 0 Å². The van der Waals surface area contributed by atoms with Crippen molar-refractivity contribution in [3.8, 4) is 0 Å². The largest absolute Gasteiger partial charge is 0.347 e. The molecule has 2 aromatic rings. The lowest BCUT2D eigenvalue weighted by Crippen LogP contribution is -2.45. The van der Waals surface area contributed by atoms with E-state index in [0.717, 1.165) is 42.8 Å². The Morgan fingerprint density at radius 3 is 2.83 bits per heavy atom. The van der Waals surface area contributed by atoms with Gasteiger partial charge in [0, 0.05) is 57.5 Å². The summed E-state index contributed by atoms with van der Waals surface area (Å²) in [6.45, 7) is 3.64. The fraction of sp³-hybridized carbons (Fsp3) is 0.412. The predicted octanol–water partition coefficient (Wildman–Crippen LogP) is 2.76. The molecule has 7 heteroatoms. The molecule has 1 unspecified atom stereocenters. The Morgan fingerprint density at radius 2 is 2.08 bits per heavy atom. The van der Waals surface area contributed by atoms with Crippen LogP contribution in [-0.4, -0.2) is 48.6 Å². The molecule has 0 amide bonds. The van der Waals surface area contributed by atoms with Gasteiger partial charge in [-0.25, -0.2) is 9.97 Å². The minimum atomic E-state index is 0. The molecule has 1 aliphatic heterocycles. The third kappa shape index (κ3) is 4.36. The van der Waals surface area contributed by atoms with Gasteiger partial charge in [0.15, 0.2) is 0 Å². The Morgan fingerprint density at radius 1 is 1.29 bits per heavy atom. The maximum Gasteiger partial charge on any atom is 0.225 e. The minimum Gasteiger partial charge on any atom is -0.347 e. The topological polar surface area (TPSA) is 44.3 Å². The Labute approximate surface area is 154 Å². The number of anilines is 1. The summed E-state index contributed by atoms with van der Waals surface area (Å²) in [5.74, 6) is 0.743. The van der Waals surface area contributed by atoms with Crippen LogP contribution in [0.4, 0.5) is 5.95 Å². The quantitative estimate of drug-likeness (QED) is 0.899. The van der Waals surface area contributed by atoms with E-state index in [9.17, 15) is 0 Å². The van der Waals surface area contributed by atoms with Crippen molar-refractivity contribution in [3.63, 3.8) is 0 Å². The lowest BCUT2D eigenvalue weighted by Gasteiger charge is -2.36. The molecule has 130 valence electrons. The lowest BCUT2D eigenvalue weighted by molar-refractivity contribution is 0.152. The average molecular weight is 368 g/mol. The molecule has 1 saturated heterocycles. The summed E-state index contributed by atoms with van der Waals surface area (Å²) in [4.78, 5) is 13.3. The summed E-state index contributed by atoms with van der Waals surface area (Å²) < 4.78 is 0. The average Bonchev–Trinajstić information content (AvgIpc) is 2.56. The number of hydrogen-bond acceptors (Lipinski definition) is 5. The highest BCUT2D eigenvalue weighted by atomic mass is 35.5. The number of halogens is 2. The van der Waals surface area contributed by atoms with Crippen LogP contribution >= 0.6 is 24.0 Å². The monoisotopic (exact) mass is 367 g/mol. The van der Waals surface area contributed by atoms with Crippen molar-refractivity contribution in [2.75, 3.05) is 38.6 Å². The van der Waals surface area contributed by atoms with Crippen molar-refractivity contribution < 1.29 is 0 Å². The molecule has 1 fully saturated rings. The number of nitrogens with zero attached hydrogens (tertiary/aromatic N) is 4. The Kier molecular flexibility index (Phi) is 6.80. The molecular formula is C17H23Cl2N5. The standard InChI is InChI=1S/C17H22ClN5.ClH/c1-22(2)17-20-8-7-13(21-17)12-23-10-9-19-11-16(23)14-5-3-4-6-15(14)18;/h3-8,16,19H,9-12H2,1-2H3;1H. The van der Waals surface area contributed by atoms with Crippen LogP contribution in [0, 0.1) is 0 Å². The molecule has 0 radical (unpaired) electrons. The highest BCUT2D eigenvalue weighted by Crippen LogP contribution is 2.29. The van der Waals surface area contributed by atoms with Gasteiger partial charge in [-0.1, -0.05) is 29.8 Å². The van der Waals surface area contributed by atoms with Crippen molar-refractivity contribution in [2.24, 2.45) is 0 Å². The summed E-state index contributed by atoms with van der Waals surface area (Å²) in [5.41, 5.74) is 2.20. The molecule has 1 aromatic carbocycles. The van der Waals surface area contributed by atoms with E-state index in [1.807, 2.05) is 49.5 Å². The lowest BCUT2D eigenvalue weighted by atomic mass is 10.0. The molecule has 1 N–H and O–H groups in total. The van der Waals surface area contributed by atoms with Crippen LogP contribution in [0.5, 0.6) is 0 Å². The van der Waals surface area contributed by atoms with E-state index in [-0.39, 0.29) is 18.4 Å². The van der Waals surface area contributed by atoms with Gasteiger partial charge >= 0.3 is 0 Å². The van der Waals surface area contributed by atoms with Gasteiger partial charge in [0.1, 0.15) is 0 Å². The maximum atomic E-state index is 6.41. The van der Waals surface area contributed by atoms with Gasteiger partial charge in [0.25, 0.3) is 0 Å². The van der Waals surface area contributed by atoms with Gasteiger partial charge < -0.3 is 10.2 Å². The normalized spacial score (nSPS) is 18.0. The molecule has 1 aromatic heterocycles. The molecule has 1 aliphatic rings. The first-order valence-corrected chi connectivity index (χ1v) is 8.21. The molecule has 2 heterocycles. The molecule has 0 saturated carbocycles. The summed E-state index contributed by atoms with van der Waals surface area (Å²) in [7, 11) is 3.91. The van der Waals surface area contributed by atoms with E-state index in [1.165, 1.54) is 5.56 Å². The second-order valence-corrected chi connectivity index (χ2v) is 6.36. The van der Waals surface area contributed by atoms with E-state index >= 15 is 0 Å². The van der Waals surface area contributed by atoms with Crippen molar-refractivity contribution in [1.29, 1.82) is 0 Å². The van der Waals surface area contributed by atoms with Crippen LogP contribution < -0.4 is 10.2 Å². The zero-order chi connectivity index (χ0) is 16.2. The minimum absolute atomic E-state index is 0. The third-order valence-corrected chi connectivity index (χ3v) is 4.43. The highest BCUT2D eigenvalue weighted by molar-refractivity contribution is 6.31. The number of hydrogen-bond donors (Lipinski definition) is 1. The van der Waals surface area contributed by atoms with Gasteiger partial charge in [-0.3, -0.25) is 4.90 Å². The van der Waals surface area contributed by atoms with Crippen LogP contribution in [0.1, 0.15) is 17.3 Å². The molecular weight excluding hydrogens is 345 g/mol. The van der Waals surface area contributed by atoms with Crippen LogP contribution in [0.25, 0.3) is 0 Å². The molecule has 0 spiro atoms. The second kappa shape index (κ2) is 8.62. The number of benzene rings is 1. The van der Waals surface area contributed by atoms with E-state index in [0.29, 0.717) is 0 Å². The first-order valence-electron chi connectivity index (χ1n) is 7.83. The second-order valence-electron chi connectivity index (χ2n) is 5.95. The summed E-state index contributed by atoms with van der Waals surface area (Å²) in [6, 6.07) is 10.3. The molecule has 1 atom stereocenters. The first-order chi connectivity index (χ1) is 11.1. The first kappa shape index (κ1) is 18.9. The third-order valence-electron chi connectivity index (χ3n) is 4.08. The molecule has 3 rings (SSSR count). The summed E-state index contributed by atoms with van der Waals surface area (Å²) in [6.07, 6.45) is 1.82. The van der Waals surface area contributed by atoms with Crippen molar-refractivity contribution in [3.05, 3.63) is 52.8 Å². The molecule has 0 bridgehead atoms. The van der Waals surface area contributed by atoms with E-state index < -0.39 is 0 Å². The number of rotatable bonds is 4. The van der Waals surface area contributed by atoms with Crippen LogP contribution in [0.2, 0.25) is 5.02 Å². The van der Waals surface area contributed by atoms with Gasteiger partial charge in [0.2, 0.25) is 5.95 Å². The predicted molar refractivity (Wildman–Crippen MR) is 101 cm³/mol. The number of piperazine rings is 1. The Bertz CT molecular complexity index is 665. The van der Waals surface area contributed by atoms with Crippen molar-refractivity contribution in [2.45, 2.75) is 12.6 Å². The fourth-order valence-electron chi connectivity index (χ4n) is 2.88. The summed E-state index contributed by atoms with van der Waals surface area (Å²) in [5, 5.41) is 4.29. The van der Waals surface area contributed by atoms with Gasteiger partial charge in [0.05, 0.1) is 5.69 Å². The van der Waals surface area contributed by atoms with Crippen molar-refractivity contribution >= 4 is 30.0 Å². The number of nitrogens with one attached hydrogen (secondary N) is 1. The van der Waals surface area contributed by atoms with Gasteiger partial charge in [-0.05, 0) is 17.7 Å². The Hall–Kier alpha value is -1.40. The SMILES string of the molecule is CN(C)c1nccc(CN2CCNCC2c2ccccc2Cl)n1.Cl. The molecule has 0 aliphatic carbocycles. The highest BCUT2D eigenvalue weighted by Gasteiger charge is 2.25.